The van der Waals surface area contributed by atoms with Crippen LogP contribution < -0.4 is 0 Å². The van der Waals surface area contributed by atoms with Crippen LogP contribution in [0.3, 0.4) is 0 Å². The summed E-state index contributed by atoms with van der Waals surface area (Å²) in [5.74, 6) is -1.46. The molecule has 1 amide bonds. The quantitative estimate of drug-likeness (QED) is 0.921. The van der Waals surface area contributed by atoms with Crippen LogP contribution in [0.25, 0.3) is 0 Å². The van der Waals surface area contributed by atoms with Gasteiger partial charge in [0.2, 0.25) is 0 Å². The number of aliphatic carboxylic acids is 1. The van der Waals surface area contributed by atoms with Crippen molar-refractivity contribution in [2.24, 2.45) is 0 Å². The van der Waals surface area contributed by atoms with Crippen LogP contribution in [0.2, 0.25) is 0 Å². The molecule has 1 aromatic rings. The number of carbonyl (C=O) groups excluding carboxylic acids is 1. The van der Waals surface area contributed by atoms with Crippen molar-refractivity contribution in [3.8, 4) is 0 Å². The van der Waals surface area contributed by atoms with Crippen LogP contribution in [0.15, 0.2) is 18.3 Å². The molecule has 1 aromatic heterocycles. The molecular formula is C15H22N2O3. The standard InChI is InChI=1S/C15H22N2O3/c1-14(2,3)10-7-8-11(16-9-10)12(18)17(6)15(4,5)13(19)20/h7-9H,1-6H3,(H,19,20). The van der Waals surface area contributed by atoms with Crippen molar-refractivity contribution >= 4 is 11.9 Å². The molecule has 0 bridgehead atoms. The fourth-order valence-corrected chi connectivity index (χ4v) is 1.53. The van der Waals surface area contributed by atoms with E-state index in [2.05, 4.69) is 25.8 Å². The average Bonchev–Trinajstić information content (AvgIpc) is 2.35. The van der Waals surface area contributed by atoms with Crippen LogP contribution in [0, 0.1) is 0 Å². The molecule has 0 aliphatic carbocycles. The van der Waals surface area contributed by atoms with Crippen LogP contribution >= 0.6 is 0 Å². The van der Waals surface area contributed by atoms with E-state index in [0.717, 1.165) is 5.56 Å². The maximum Gasteiger partial charge on any atom is 0.329 e. The third-order valence-electron chi connectivity index (χ3n) is 3.52. The van der Waals surface area contributed by atoms with Gasteiger partial charge in [0.05, 0.1) is 0 Å². The molecule has 20 heavy (non-hydrogen) atoms. The van der Waals surface area contributed by atoms with E-state index < -0.39 is 17.4 Å². The van der Waals surface area contributed by atoms with Gasteiger partial charge in [-0.25, -0.2) is 4.79 Å². The molecule has 0 spiro atoms. The predicted molar refractivity (Wildman–Crippen MR) is 76.7 cm³/mol. The number of carboxylic acids is 1. The van der Waals surface area contributed by atoms with Gasteiger partial charge in [0.1, 0.15) is 11.2 Å². The zero-order chi connectivity index (χ0) is 15.7. The first-order valence-electron chi connectivity index (χ1n) is 6.46. The lowest BCUT2D eigenvalue weighted by atomic mass is 9.88. The minimum Gasteiger partial charge on any atom is -0.480 e. The Balaban J connectivity index is 3.02. The molecule has 5 nitrogen and oxygen atoms in total. The highest BCUT2D eigenvalue weighted by atomic mass is 16.4. The zero-order valence-corrected chi connectivity index (χ0v) is 12.9. The molecule has 1 heterocycles. The Morgan fingerprint density at radius 2 is 1.70 bits per heavy atom. The van der Waals surface area contributed by atoms with Crippen molar-refractivity contribution in [2.45, 2.75) is 45.6 Å². The van der Waals surface area contributed by atoms with E-state index in [1.54, 1.807) is 12.3 Å². The zero-order valence-electron chi connectivity index (χ0n) is 12.9. The Bertz CT molecular complexity index is 513. The monoisotopic (exact) mass is 278 g/mol. The van der Waals surface area contributed by atoms with Crippen LogP contribution in [0.1, 0.15) is 50.7 Å². The molecule has 0 aliphatic rings. The fourth-order valence-electron chi connectivity index (χ4n) is 1.53. The van der Waals surface area contributed by atoms with Gasteiger partial charge in [0.25, 0.3) is 5.91 Å². The molecule has 1 rings (SSSR count). The van der Waals surface area contributed by atoms with Crippen LogP contribution in [0.5, 0.6) is 0 Å². The molecule has 5 heteroatoms. The molecular weight excluding hydrogens is 256 g/mol. The molecule has 0 aromatic carbocycles. The fraction of sp³-hybridized carbons (Fsp3) is 0.533. The molecule has 0 saturated carbocycles. The summed E-state index contributed by atoms with van der Waals surface area (Å²) in [6.45, 7) is 9.15. The summed E-state index contributed by atoms with van der Waals surface area (Å²) in [5, 5.41) is 9.14. The highest BCUT2D eigenvalue weighted by molar-refractivity contribution is 5.95. The number of carbonyl (C=O) groups is 2. The Labute approximate surface area is 119 Å². The lowest BCUT2D eigenvalue weighted by molar-refractivity contribution is -0.147. The van der Waals surface area contributed by atoms with Gasteiger partial charge >= 0.3 is 5.97 Å². The number of carboxylic acid groups (broad SMARTS) is 1. The summed E-state index contributed by atoms with van der Waals surface area (Å²) < 4.78 is 0. The van der Waals surface area contributed by atoms with E-state index in [1.807, 2.05) is 6.07 Å². The van der Waals surface area contributed by atoms with Gasteiger partial charge < -0.3 is 10.0 Å². The largest absolute Gasteiger partial charge is 0.480 e. The lowest BCUT2D eigenvalue weighted by Crippen LogP contribution is -2.50. The van der Waals surface area contributed by atoms with Crippen molar-refractivity contribution in [2.75, 3.05) is 7.05 Å². The topological polar surface area (TPSA) is 70.5 Å². The van der Waals surface area contributed by atoms with Gasteiger partial charge in [0, 0.05) is 13.2 Å². The van der Waals surface area contributed by atoms with E-state index >= 15 is 0 Å². The third-order valence-corrected chi connectivity index (χ3v) is 3.52. The molecule has 0 aliphatic heterocycles. The summed E-state index contributed by atoms with van der Waals surface area (Å²) in [5.41, 5.74) is -0.0496. The Morgan fingerprint density at radius 3 is 2.05 bits per heavy atom. The Morgan fingerprint density at radius 1 is 1.15 bits per heavy atom. The number of hydrogen-bond donors (Lipinski definition) is 1. The van der Waals surface area contributed by atoms with Gasteiger partial charge in [-0.15, -0.1) is 0 Å². The van der Waals surface area contributed by atoms with Crippen molar-refractivity contribution in [3.63, 3.8) is 0 Å². The molecule has 1 N–H and O–H groups in total. The smallest absolute Gasteiger partial charge is 0.329 e. The number of aromatic nitrogens is 1. The average molecular weight is 278 g/mol. The van der Waals surface area contributed by atoms with Crippen LogP contribution in [0.4, 0.5) is 0 Å². The van der Waals surface area contributed by atoms with Crippen LogP contribution in [-0.4, -0.2) is 39.5 Å². The van der Waals surface area contributed by atoms with Gasteiger partial charge in [-0.05, 0) is 30.9 Å². The normalized spacial score (nSPS) is 12.1. The first-order chi connectivity index (χ1) is 8.98. The van der Waals surface area contributed by atoms with Gasteiger partial charge in [0.15, 0.2) is 0 Å². The first-order valence-corrected chi connectivity index (χ1v) is 6.46. The number of pyridine rings is 1. The Kier molecular flexibility index (Phi) is 4.22. The molecule has 0 radical (unpaired) electrons. The first kappa shape index (κ1) is 16.1. The van der Waals surface area contributed by atoms with Crippen molar-refractivity contribution in [3.05, 3.63) is 29.6 Å². The van der Waals surface area contributed by atoms with Gasteiger partial charge in [-0.2, -0.15) is 0 Å². The second kappa shape index (κ2) is 5.23. The minimum absolute atomic E-state index is 0.0409. The molecule has 110 valence electrons. The van der Waals surface area contributed by atoms with Crippen LogP contribution in [-0.2, 0) is 10.2 Å². The van der Waals surface area contributed by atoms with E-state index in [-0.39, 0.29) is 11.1 Å². The predicted octanol–water partition coefficient (Wildman–Crippen LogP) is 2.31. The van der Waals surface area contributed by atoms with Gasteiger partial charge in [-0.1, -0.05) is 26.8 Å². The SMILES string of the molecule is CN(C(=O)c1ccc(C(C)(C)C)cn1)C(C)(C)C(=O)O. The second-order valence-corrected chi connectivity index (χ2v) is 6.41. The van der Waals surface area contributed by atoms with E-state index in [1.165, 1.54) is 25.8 Å². The minimum atomic E-state index is -1.28. The maximum atomic E-state index is 12.3. The number of rotatable bonds is 3. The van der Waals surface area contributed by atoms with Crippen molar-refractivity contribution in [1.82, 2.24) is 9.88 Å². The second-order valence-electron chi connectivity index (χ2n) is 6.41. The molecule has 0 saturated heterocycles. The number of hydrogen-bond acceptors (Lipinski definition) is 3. The van der Waals surface area contributed by atoms with E-state index in [4.69, 9.17) is 5.11 Å². The number of likely N-dealkylation sites (N-methyl/N-ethyl adjacent to an activating group) is 1. The molecule has 0 unspecified atom stereocenters. The molecule has 0 atom stereocenters. The summed E-state index contributed by atoms with van der Waals surface area (Å²) in [7, 11) is 1.47. The Hall–Kier alpha value is -1.91. The third kappa shape index (κ3) is 3.15. The highest BCUT2D eigenvalue weighted by Gasteiger charge is 2.36. The summed E-state index contributed by atoms with van der Waals surface area (Å²) in [4.78, 5) is 28.8. The number of nitrogens with zero attached hydrogens (tertiary/aromatic N) is 2. The van der Waals surface area contributed by atoms with Crippen molar-refractivity contribution in [1.29, 1.82) is 0 Å². The van der Waals surface area contributed by atoms with E-state index in [9.17, 15) is 9.59 Å². The summed E-state index contributed by atoms with van der Waals surface area (Å²) in [6, 6.07) is 3.49. The highest BCUT2D eigenvalue weighted by Crippen LogP contribution is 2.22. The van der Waals surface area contributed by atoms with Crippen molar-refractivity contribution < 1.29 is 14.7 Å². The maximum absolute atomic E-state index is 12.3. The summed E-state index contributed by atoms with van der Waals surface area (Å²) in [6.07, 6.45) is 1.66. The van der Waals surface area contributed by atoms with E-state index in [0.29, 0.717) is 0 Å². The lowest BCUT2D eigenvalue weighted by Gasteiger charge is -2.31. The summed E-state index contributed by atoms with van der Waals surface area (Å²) >= 11 is 0. The number of amides is 1. The molecule has 0 fully saturated rings. The van der Waals surface area contributed by atoms with Gasteiger partial charge in [-0.3, -0.25) is 9.78 Å².